The van der Waals surface area contributed by atoms with E-state index in [4.69, 9.17) is 9.47 Å². The summed E-state index contributed by atoms with van der Waals surface area (Å²) in [5.41, 5.74) is 0.502. The summed E-state index contributed by atoms with van der Waals surface area (Å²) in [5.74, 6) is -0.230. The predicted octanol–water partition coefficient (Wildman–Crippen LogP) is 1.90. The van der Waals surface area contributed by atoms with Crippen LogP contribution in [0.15, 0.2) is 23.8 Å². The van der Waals surface area contributed by atoms with Gasteiger partial charge in [-0.25, -0.2) is 4.79 Å². The van der Waals surface area contributed by atoms with Crippen LogP contribution in [0.5, 0.6) is 11.5 Å². The van der Waals surface area contributed by atoms with E-state index in [0.717, 1.165) is 9.80 Å². The second kappa shape index (κ2) is 7.48. The lowest BCUT2D eigenvalue weighted by Gasteiger charge is -2.28. The number of methoxy groups -OCH3 is 1. The lowest BCUT2D eigenvalue weighted by molar-refractivity contribution is -0.134. The number of imide groups is 2. The molecule has 1 saturated heterocycles. The number of carbonyl (C=O) groups is 3. The molecule has 1 fully saturated rings. The zero-order chi connectivity index (χ0) is 17.9. The summed E-state index contributed by atoms with van der Waals surface area (Å²) < 4.78 is 10.8. The van der Waals surface area contributed by atoms with Crippen molar-refractivity contribution in [2.24, 2.45) is 0 Å². The first-order valence-corrected chi connectivity index (χ1v) is 8.21. The van der Waals surface area contributed by atoms with Gasteiger partial charge in [-0.3, -0.25) is 19.4 Å². The highest BCUT2D eigenvalue weighted by atomic mass is 79.9. The Hall–Kier alpha value is -2.35. The number of carbonyl (C=O) groups excluding carboxylic acids is 3. The maximum Gasteiger partial charge on any atom is 0.333 e. The zero-order valence-electron chi connectivity index (χ0n) is 13.5. The van der Waals surface area contributed by atoms with E-state index in [0.29, 0.717) is 29.0 Å². The van der Waals surface area contributed by atoms with Gasteiger partial charge in [0.05, 0.1) is 13.7 Å². The fourth-order valence-electron chi connectivity index (χ4n) is 2.18. The van der Waals surface area contributed by atoms with E-state index in [1.165, 1.54) is 27.3 Å². The van der Waals surface area contributed by atoms with Gasteiger partial charge in [0.2, 0.25) is 0 Å². The van der Waals surface area contributed by atoms with Crippen LogP contribution in [0.4, 0.5) is 4.79 Å². The largest absolute Gasteiger partial charge is 0.493 e. The average molecular weight is 397 g/mol. The van der Waals surface area contributed by atoms with Crippen LogP contribution < -0.4 is 9.47 Å². The summed E-state index contributed by atoms with van der Waals surface area (Å²) in [7, 11) is 4.17. The third-order valence-electron chi connectivity index (χ3n) is 3.48. The van der Waals surface area contributed by atoms with Crippen LogP contribution in [0, 0.1) is 0 Å². The van der Waals surface area contributed by atoms with E-state index in [1.54, 1.807) is 18.2 Å². The molecule has 0 radical (unpaired) electrons. The van der Waals surface area contributed by atoms with Crippen molar-refractivity contribution in [3.8, 4) is 11.5 Å². The van der Waals surface area contributed by atoms with Crippen LogP contribution in [0.1, 0.15) is 5.56 Å². The molecule has 0 atom stereocenters. The second-order valence-corrected chi connectivity index (χ2v) is 5.81. The second-order valence-electron chi connectivity index (χ2n) is 5.02. The van der Waals surface area contributed by atoms with Crippen molar-refractivity contribution < 1.29 is 23.9 Å². The van der Waals surface area contributed by atoms with Crippen molar-refractivity contribution in [3.05, 3.63) is 29.3 Å². The molecule has 8 heteroatoms. The highest BCUT2D eigenvalue weighted by Gasteiger charge is 2.37. The Kier molecular flexibility index (Phi) is 5.61. The first-order chi connectivity index (χ1) is 11.4. The number of amides is 4. The number of likely N-dealkylation sites (N-methyl/N-ethyl adjacent to an activating group) is 2. The Morgan fingerprint density at radius 3 is 2.25 bits per heavy atom. The molecule has 0 unspecified atom stereocenters. The summed E-state index contributed by atoms with van der Waals surface area (Å²) in [6, 6.07) is 4.41. The predicted molar refractivity (Wildman–Crippen MR) is 91.2 cm³/mol. The normalized spacial score (nSPS) is 15.0. The number of hydrogen-bond donors (Lipinski definition) is 0. The highest BCUT2D eigenvalue weighted by Crippen LogP contribution is 2.29. The van der Waals surface area contributed by atoms with E-state index < -0.39 is 17.8 Å². The molecule has 1 aliphatic heterocycles. The Morgan fingerprint density at radius 1 is 1.08 bits per heavy atom. The SMILES string of the molecule is COc1cc(C=C2C(=O)N(C)C(=O)N(C)C2=O)ccc1OCCBr. The quantitative estimate of drug-likeness (QED) is 0.431. The number of benzene rings is 1. The maximum atomic E-state index is 12.2. The summed E-state index contributed by atoms with van der Waals surface area (Å²) in [5, 5.41) is 0.678. The molecule has 0 saturated carbocycles. The zero-order valence-corrected chi connectivity index (χ0v) is 15.1. The lowest BCUT2D eigenvalue weighted by Crippen LogP contribution is -2.52. The fraction of sp³-hybridized carbons (Fsp3) is 0.312. The molecule has 128 valence electrons. The van der Waals surface area contributed by atoms with Gasteiger partial charge in [0.1, 0.15) is 5.57 Å². The molecule has 0 aromatic heterocycles. The van der Waals surface area contributed by atoms with E-state index in [-0.39, 0.29) is 5.57 Å². The summed E-state index contributed by atoms with van der Waals surface area (Å²) in [4.78, 5) is 37.9. The molecule has 0 N–H and O–H groups in total. The van der Waals surface area contributed by atoms with Crippen molar-refractivity contribution in [2.45, 2.75) is 0 Å². The molecule has 0 bridgehead atoms. The molecular formula is C16H17BrN2O5. The fourth-order valence-corrected chi connectivity index (χ4v) is 2.35. The van der Waals surface area contributed by atoms with E-state index >= 15 is 0 Å². The van der Waals surface area contributed by atoms with Crippen LogP contribution in [0.3, 0.4) is 0 Å². The average Bonchev–Trinajstić information content (AvgIpc) is 2.60. The number of urea groups is 1. The molecule has 0 spiro atoms. The monoisotopic (exact) mass is 396 g/mol. The van der Waals surface area contributed by atoms with Crippen LogP contribution in [0.25, 0.3) is 6.08 Å². The Balaban J connectivity index is 2.37. The van der Waals surface area contributed by atoms with Gasteiger partial charge in [-0.05, 0) is 23.8 Å². The van der Waals surface area contributed by atoms with Crippen LogP contribution >= 0.6 is 15.9 Å². The number of alkyl halides is 1. The van der Waals surface area contributed by atoms with Crippen LogP contribution in [-0.4, -0.2) is 60.8 Å². The van der Waals surface area contributed by atoms with Gasteiger partial charge in [0.25, 0.3) is 11.8 Å². The first kappa shape index (κ1) is 18.0. The summed E-state index contributed by atoms with van der Waals surface area (Å²) >= 11 is 3.28. The third kappa shape index (κ3) is 3.43. The minimum absolute atomic E-state index is 0.0872. The molecular weight excluding hydrogens is 380 g/mol. The number of nitrogens with zero attached hydrogens (tertiary/aromatic N) is 2. The van der Waals surface area contributed by atoms with Gasteiger partial charge in [-0.2, -0.15) is 0 Å². The van der Waals surface area contributed by atoms with Gasteiger partial charge in [-0.15, -0.1) is 0 Å². The van der Waals surface area contributed by atoms with Crippen molar-refractivity contribution >= 4 is 39.9 Å². The Morgan fingerprint density at radius 2 is 1.71 bits per heavy atom. The number of halogens is 1. The Bertz CT molecular complexity index is 690. The van der Waals surface area contributed by atoms with Crippen molar-refractivity contribution in [3.63, 3.8) is 0 Å². The standard InChI is InChI=1S/C16H17BrN2O5/c1-18-14(20)11(15(21)19(2)16(18)22)8-10-4-5-12(24-7-6-17)13(9-10)23-3/h4-5,8-9H,6-7H2,1-3H3. The lowest BCUT2D eigenvalue weighted by atomic mass is 10.1. The van der Waals surface area contributed by atoms with Crippen molar-refractivity contribution in [1.29, 1.82) is 0 Å². The highest BCUT2D eigenvalue weighted by molar-refractivity contribution is 9.09. The van der Waals surface area contributed by atoms with E-state index in [1.807, 2.05) is 0 Å². The third-order valence-corrected chi connectivity index (χ3v) is 3.80. The molecule has 4 amide bonds. The summed E-state index contributed by atoms with van der Waals surface area (Å²) in [6.07, 6.45) is 1.43. The van der Waals surface area contributed by atoms with Gasteiger partial charge in [-0.1, -0.05) is 22.0 Å². The van der Waals surface area contributed by atoms with E-state index in [2.05, 4.69) is 15.9 Å². The van der Waals surface area contributed by atoms with Gasteiger partial charge >= 0.3 is 6.03 Å². The first-order valence-electron chi connectivity index (χ1n) is 7.09. The molecule has 2 rings (SSSR count). The van der Waals surface area contributed by atoms with Crippen LogP contribution in [-0.2, 0) is 9.59 Å². The van der Waals surface area contributed by atoms with Crippen LogP contribution in [0.2, 0.25) is 0 Å². The molecule has 1 aromatic carbocycles. The van der Waals surface area contributed by atoms with Gasteiger partial charge in [0, 0.05) is 19.4 Å². The molecule has 1 aliphatic rings. The van der Waals surface area contributed by atoms with Gasteiger partial charge in [0.15, 0.2) is 11.5 Å². The molecule has 0 aliphatic carbocycles. The smallest absolute Gasteiger partial charge is 0.333 e. The molecule has 1 heterocycles. The summed E-state index contributed by atoms with van der Waals surface area (Å²) in [6.45, 7) is 0.478. The minimum atomic E-state index is -0.654. The van der Waals surface area contributed by atoms with Crippen molar-refractivity contribution in [1.82, 2.24) is 9.80 Å². The molecule has 24 heavy (non-hydrogen) atoms. The number of barbiturate groups is 1. The maximum absolute atomic E-state index is 12.2. The topological polar surface area (TPSA) is 76.2 Å². The molecule has 7 nitrogen and oxygen atoms in total. The number of ether oxygens (including phenoxy) is 2. The number of hydrogen-bond acceptors (Lipinski definition) is 5. The van der Waals surface area contributed by atoms with Crippen molar-refractivity contribution in [2.75, 3.05) is 33.1 Å². The number of rotatable bonds is 5. The van der Waals surface area contributed by atoms with E-state index in [9.17, 15) is 14.4 Å². The van der Waals surface area contributed by atoms with Gasteiger partial charge < -0.3 is 9.47 Å². The minimum Gasteiger partial charge on any atom is -0.493 e. The molecule has 1 aromatic rings. The Labute approximate surface area is 147 Å².